The van der Waals surface area contributed by atoms with Crippen LogP contribution in [-0.4, -0.2) is 169 Å². The Labute approximate surface area is 210 Å². The van der Waals surface area contributed by atoms with E-state index >= 15 is 0 Å². The van der Waals surface area contributed by atoms with Gasteiger partial charge in [-0.05, 0) is 0 Å². The van der Waals surface area contributed by atoms with Crippen molar-refractivity contribution in [2.75, 3.05) is 19.8 Å². The van der Waals surface area contributed by atoms with Crippen molar-refractivity contribution in [2.24, 2.45) is 0 Å². The Bertz CT molecular complexity index is 743. The van der Waals surface area contributed by atoms with Crippen molar-refractivity contribution < 1.29 is 79.5 Å². The van der Waals surface area contributed by atoms with Crippen molar-refractivity contribution in [3.05, 3.63) is 0 Å². The summed E-state index contributed by atoms with van der Waals surface area (Å²) in [6, 6.07) is -1.47. The minimum Gasteiger partial charge on any atom is -0.394 e. The topological polar surface area (TPSA) is 278 Å². The lowest BCUT2D eigenvalue weighted by Crippen LogP contribution is -2.69. The fraction of sp³-hybridized carbons (Fsp3) is 0.950. The third kappa shape index (κ3) is 6.38. The lowest BCUT2D eigenvalue weighted by atomic mass is 9.94. The molecule has 37 heavy (non-hydrogen) atoms. The van der Waals surface area contributed by atoms with E-state index in [2.05, 4.69) is 5.32 Å². The van der Waals surface area contributed by atoms with Crippen LogP contribution in [0.5, 0.6) is 0 Å². The normalized spacial score (nSPS) is 49.0. The zero-order valence-electron chi connectivity index (χ0n) is 19.7. The van der Waals surface area contributed by atoms with Crippen LogP contribution in [0.15, 0.2) is 0 Å². The number of carbonyl (C=O) groups excluding carboxylic acids is 1. The summed E-state index contributed by atoms with van der Waals surface area (Å²) < 4.78 is 27.5. The molecule has 0 aromatic carbocycles. The van der Waals surface area contributed by atoms with Crippen LogP contribution in [0.1, 0.15) is 6.92 Å². The highest BCUT2D eigenvalue weighted by atomic mass is 16.7. The number of rotatable bonds is 8. The van der Waals surface area contributed by atoms with Crippen LogP contribution in [0.3, 0.4) is 0 Å². The van der Waals surface area contributed by atoms with Gasteiger partial charge in [0.2, 0.25) is 5.91 Å². The molecule has 0 spiro atoms. The fourth-order valence-electron chi connectivity index (χ4n) is 4.45. The minimum absolute atomic E-state index is 0.677. The molecule has 1 unspecified atom stereocenters. The molecule has 3 aliphatic rings. The monoisotopic (exact) mass is 545 g/mol. The van der Waals surface area contributed by atoms with Gasteiger partial charge < -0.3 is 80.1 Å². The number of hydrogen-bond acceptors (Lipinski definition) is 16. The van der Waals surface area contributed by atoms with Crippen molar-refractivity contribution in [3.63, 3.8) is 0 Å². The van der Waals surface area contributed by atoms with Gasteiger partial charge in [0, 0.05) is 6.92 Å². The number of aliphatic hydroxyl groups is 10. The molecule has 0 aromatic heterocycles. The van der Waals surface area contributed by atoms with E-state index in [1.165, 1.54) is 0 Å². The van der Waals surface area contributed by atoms with Gasteiger partial charge in [-0.25, -0.2) is 0 Å². The summed E-state index contributed by atoms with van der Waals surface area (Å²) in [5, 5.41) is 103. The summed E-state index contributed by atoms with van der Waals surface area (Å²) >= 11 is 0. The van der Waals surface area contributed by atoms with E-state index < -0.39 is 118 Å². The molecule has 17 nitrogen and oxygen atoms in total. The summed E-state index contributed by atoms with van der Waals surface area (Å²) in [7, 11) is 0. The van der Waals surface area contributed by atoms with Gasteiger partial charge >= 0.3 is 0 Å². The molecule has 3 aliphatic heterocycles. The summed E-state index contributed by atoms with van der Waals surface area (Å²) in [5.74, 6) is -0.677. The van der Waals surface area contributed by atoms with E-state index in [9.17, 15) is 55.9 Å². The Morgan fingerprint density at radius 1 is 0.649 bits per heavy atom. The molecular weight excluding hydrogens is 510 g/mol. The van der Waals surface area contributed by atoms with E-state index in [-0.39, 0.29) is 0 Å². The zero-order chi connectivity index (χ0) is 27.6. The van der Waals surface area contributed by atoms with E-state index in [0.717, 1.165) is 6.92 Å². The summed E-state index contributed by atoms with van der Waals surface area (Å²) in [6.45, 7) is -1.27. The number of ether oxygens (including phenoxy) is 5. The van der Waals surface area contributed by atoms with Crippen LogP contribution in [0.2, 0.25) is 0 Å². The molecule has 1 amide bonds. The SMILES string of the molecule is CC(=O)N[C@H]1C(O)O[C@H](CO)[C@@H](O[C@@H]2O[C@@H](CO)[C@@H](O)[C@@H](O)[C@@H]2O)[C@@H]1O[C@@H]1O[C@H](CO)[C@H](O)[C@H](O)[C@H]1O. The third-order valence-corrected chi connectivity index (χ3v) is 6.49. The van der Waals surface area contributed by atoms with Crippen molar-refractivity contribution >= 4 is 5.91 Å². The van der Waals surface area contributed by atoms with Gasteiger partial charge in [0.25, 0.3) is 0 Å². The Balaban J connectivity index is 1.93. The molecule has 0 radical (unpaired) electrons. The maximum atomic E-state index is 11.9. The maximum absolute atomic E-state index is 11.9. The van der Waals surface area contributed by atoms with Crippen LogP contribution in [0.4, 0.5) is 0 Å². The summed E-state index contributed by atoms with van der Waals surface area (Å²) in [6.07, 6.45) is -23.5. The summed E-state index contributed by atoms with van der Waals surface area (Å²) in [5.41, 5.74) is 0. The summed E-state index contributed by atoms with van der Waals surface area (Å²) in [4.78, 5) is 11.9. The smallest absolute Gasteiger partial charge is 0.217 e. The molecule has 0 bridgehead atoms. The van der Waals surface area contributed by atoms with Crippen molar-refractivity contribution in [3.8, 4) is 0 Å². The van der Waals surface area contributed by atoms with Gasteiger partial charge in [-0.1, -0.05) is 0 Å². The van der Waals surface area contributed by atoms with Crippen molar-refractivity contribution in [2.45, 2.75) is 99.0 Å². The van der Waals surface area contributed by atoms with E-state index in [4.69, 9.17) is 23.7 Å². The molecule has 3 fully saturated rings. The molecule has 3 rings (SSSR count). The molecule has 0 saturated carbocycles. The van der Waals surface area contributed by atoms with Gasteiger partial charge in [0.05, 0.1) is 19.8 Å². The Kier molecular flexibility index (Phi) is 10.5. The van der Waals surface area contributed by atoms with Crippen LogP contribution in [0, 0.1) is 0 Å². The highest BCUT2D eigenvalue weighted by Crippen LogP contribution is 2.32. The van der Waals surface area contributed by atoms with Crippen LogP contribution >= 0.6 is 0 Å². The van der Waals surface area contributed by atoms with Crippen molar-refractivity contribution in [1.82, 2.24) is 5.32 Å². The minimum atomic E-state index is -1.89. The van der Waals surface area contributed by atoms with Gasteiger partial charge in [0.1, 0.15) is 73.2 Å². The molecule has 0 aliphatic carbocycles. The zero-order valence-corrected chi connectivity index (χ0v) is 19.7. The Morgan fingerprint density at radius 2 is 1.08 bits per heavy atom. The number of amides is 1. The van der Waals surface area contributed by atoms with Crippen LogP contribution in [0.25, 0.3) is 0 Å². The van der Waals surface area contributed by atoms with Gasteiger partial charge in [-0.2, -0.15) is 0 Å². The average Bonchev–Trinajstić information content (AvgIpc) is 2.87. The molecule has 3 saturated heterocycles. The fourth-order valence-corrected chi connectivity index (χ4v) is 4.45. The first kappa shape index (κ1) is 30.4. The molecule has 11 N–H and O–H groups in total. The predicted molar refractivity (Wildman–Crippen MR) is 113 cm³/mol. The van der Waals surface area contributed by atoms with E-state index in [1.54, 1.807) is 0 Å². The predicted octanol–water partition coefficient (Wildman–Crippen LogP) is -7.43. The number of carbonyl (C=O) groups is 1. The van der Waals surface area contributed by atoms with Crippen molar-refractivity contribution in [1.29, 1.82) is 0 Å². The highest BCUT2D eigenvalue weighted by Gasteiger charge is 2.54. The molecule has 17 heteroatoms. The van der Waals surface area contributed by atoms with E-state index in [0.29, 0.717) is 0 Å². The highest BCUT2D eigenvalue weighted by molar-refractivity contribution is 5.73. The Hall–Kier alpha value is -1.13. The molecule has 3 heterocycles. The quantitative estimate of drug-likeness (QED) is 0.135. The second-order valence-electron chi connectivity index (χ2n) is 9.07. The van der Waals surface area contributed by atoms with Crippen LogP contribution in [-0.2, 0) is 28.5 Å². The second-order valence-corrected chi connectivity index (χ2v) is 9.07. The standard InChI is InChI=1S/C20H35NO16/c1-5(25)21-9-17(37-20-15(31)13(29)11(27)7(3-23)35-20)16(8(4-24)33-18(9)32)36-19-14(30)12(28)10(26)6(2-22)34-19/h6-20,22-24,26-32H,2-4H2,1H3,(H,21,25)/t6-,7+,8+,9+,10+,11-,12+,13-,14-,15+,16+,17+,18?,19-,20-/m0/s1. The molecule has 0 aromatic rings. The first-order chi connectivity index (χ1) is 17.4. The van der Waals surface area contributed by atoms with Gasteiger partial charge in [-0.15, -0.1) is 0 Å². The largest absolute Gasteiger partial charge is 0.394 e. The Morgan fingerprint density at radius 3 is 1.49 bits per heavy atom. The second kappa shape index (κ2) is 12.8. The third-order valence-electron chi connectivity index (χ3n) is 6.49. The van der Waals surface area contributed by atoms with Gasteiger partial charge in [-0.3, -0.25) is 4.79 Å². The number of aliphatic hydroxyl groups excluding tert-OH is 10. The number of hydrogen-bond donors (Lipinski definition) is 11. The maximum Gasteiger partial charge on any atom is 0.217 e. The molecule has 15 atom stereocenters. The van der Waals surface area contributed by atoms with Gasteiger partial charge in [0.15, 0.2) is 18.9 Å². The molecular formula is C20H35NO16. The average molecular weight is 545 g/mol. The van der Waals surface area contributed by atoms with E-state index in [1.807, 2.05) is 0 Å². The first-order valence-electron chi connectivity index (χ1n) is 11.6. The molecule has 216 valence electrons. The number of nitrogens with one attached hydrogen (secondary N) is 1. The lowest BCUT2D eigenvalue weighted by Gasteiger charge is -2.49. The van der Waals surface area contributed by atoms with Crippen LogP contribution < -0.4 is 5.32 Å². The lowest BCUT2D eigenvalue weighted by molar-refractivity contribution is -0.372. The first-order valence-corrected chi connectivity index (χ1v) is 11.6.